The normalized spacial score (nSPS) is 10.3. The van der Waals surface area contributed by atoms with E-state index < -0.39 is 5.97 Å². The molecule has 0 rings (SSSR count). The van der Waals surface area contributed by atoms with Crippen LogP contribution in [-0.2, 0) is 4.79 Å². The molecular formula is C12H24N2O3. The van der Waals surface area contributed by atoms with E-state index in [4.69, 9.17) is 5.11 Å². The minimum atomic E-state index is -0.833. The number of rotatable bonds is 9. The van der Waals surface area contributed by atoms with E-state index in [-0.39, 0.29) is 12.5 Å². The Labute approximate surface area is 103 Å². The summed E-state index contributed by atoms with van der Waals surface area (Å²) in [5, 5.41) is 13.8. The number of carbonyl (C=O) groups excluding carboxylic acids is 1. The number of carbonyl (C=O) groups is 2. The molecule has 0 bridgehead atoms. The van der Waals surface area contributed by atoms with Crippen molar-refractivity contribution in [2.75, 3.05) is 13.1 Å². The maximum absolute atomic E-state index is 11.2. The van der Waals surface area contributed by atoms with E-state index in [0.29, 0.717) is 25.4 Å². The highest BCUT2D eigenvalue weighted by atomic mass is 16.4. The van der Waals surface area contributed by atoms with Crippen LogP contribution in [0.4, 0.5) is 4.79 Å². The minimum absolute atomic E-state index is 0.0919. The van der Waals surface area contributed by atoms with Crippen LogP contribution < -0.4 is 10.6 Å². The van der Waals surface area contributed by atoms with Crippen molar-refractivity contribution < 1.29 is 14.7 Å². The van der Waals surface area contributed by atoms with Gasteiger partial charge < -0.3 is 15.7 Å². The molecule has 0 radical (unpaired) electrons. The molecule has 0 saturated heterocycles. The lowest BCUT2D eigenvalue weighted by atomic mass is 10.1. The molecule has 5 heteroatoms. The molecule has 0 aliphatic carbocycles. The van der Waals surface area contributed by atoms with Gasteiger partial charge in [0.2, 0.25) is 0 Å². The molecule has 0 unspecified atom stereocenters. The third-order valence-electron chi connectivity index (χ3n) is 2.35. The Hall–Kier alpha value is -1.26. The molecule has 0 fully saturated rings. The zero-order chi connectivity index (χ0) is 13.1. The summed E-state index contributed by atoms with van der Waals surface area (Å²) in [4.78, 5) is 21.4. The van der Waals surface area contributed by atoms with Crippen LogP contribution in [0.15, 0.2) is 0 Å². The molecule has 3 N–H and O–H groups in total. The lowest BCUT2D eigenvalue weighted by molar-refractivity contribution is -0.137. The predicted molar refractivity (Wildman–Crippen MR) is 67.0 cm³/mol. The second-order valence-corrected chi connectivity index (χ2v) is 4.57. The maximum Gasteiger partial charge on any atom is 0.314 e. The zero-order valence-electron chi connectivity index (χ0n) is 10.8. The van der Waals surface area contributed by atoms with Crippen LogP contribution in [0, 0.1) is 5.92 Å². The number of carboxylic acid groups (broad SMARTS) is 1. The molecule has 17 heavy (non-hydrogen) atoms. The highest BCUT2D eigenvalue weighted by molar-refractivity contribution is 5.73. The van der Waals surface area contributed by atoms with Crippen molar-refractivity contribution in [2.24, 2.45) is 5.92 Å². The van der Waals surface area contributed by atoms with Gasteiger partial charge >= 0.3 is 12.0 Å². The number of urea groups is 1. The first-order valence-electron chi connectivity index (χ1n) is 6.26. The smallest absolute Gasteiger partial charge is 0.314 e. The summed E-state index contributed by atoms with van der Waals surface area (Å²) in [6, 6.07) is -0.208. The second-order valence-electron chi connectivity index (χ2n) is 4.57. The van der Waals surface area contributed by atoms with E-state index in [1.165, 1.54) is 6.42 Å². The molecule has 5 nitrogen and oxygen atoms in total. The van der Waals surface area contributed by atoms with Gasteiger partial charge in [-0.25, -0.2) is 4.79 Å². The van der Waals surface area contributed by atoms with Gasteiger partial charge in [0.15, 0.2) is 0 Å². The van der Waals surface area contributed by atoms with Gasteiger partial charge in [-0.15, -0.1) is 0 Å². The molecular weight excluding hydrogens is 220 g/mol. The highest BCUT2D eigenvalue weighted by Gasteiger charge is 2.00. The highest BCUT2D eigenvalue weighted by Crippen LogP contribution is 2.04. The van der Waals surface area contributed by atoms with Gasteiger partial charge in [0.1, 0.15) is 0 Å². The molecule has 0 spiro atoms. The van der Waals surface area contributed by atoms with Crippen LogP contribution in [0.25, 0.3) is 0 Å². The van der Waals surface area contributed by atoms with Crippen molar-refractivity contribution in [2.45, 2.75) is 46.0 Å². The first-order valence-corrected chi connectivity index (χ1v) is 6.26. The van der Waals surface area contributed by atoms with Crippen LogP contribution >= 0.6 is 0 Å². The summed E-state index contributed by atoms with van der Waals surface area (Å²) >= 11 is 0. The molecule has 0 atom stereocenters. The molecule has 0 heterocycles. The van der Waals surface area contributed by atoms with Crippen molar-refractivity contribution in [1.29, 1.82) is 0 Å². The van der Waals surface area contributed by atoms with E-state index >= 15 is 0 Å². The fourth-order valence-corrected chi connectivity index (χ4v) is 1.38. The Balaban J connectivity index is 3.26. The Morgan fingerprint density at radius 3 is 2.18 bits per heavy atom. The lowest BCUT2D eigenvalue weighted by Gasteiger charge is -2.07. The Bertz CT molecular complexity index is 230. The molecule has 0 aromatic carbocycles. The van der Waals surface area contributed by atoms with E-state index in [1.54, 1.807) is 0 Å². The fourth-order valence-electron chi connectivity index (χ4n) is 1.38. The lowest BCUT2D eigenvalue weighted by Crippen LogP contribution is -2.36. The first-order chi connectivity index (χ1) is 8.02. The quantitative estimate of drug-likeness (QED) is 0.543. The molecule has 0 aliphatic rings. The molecule has 0 saturated carbocycles. The van der Waals surface area contributed by atoms with Gasteiger partial charge in [-0.05, 0) is 18.8 Å². The van der Waals surface area contributed by atoms with Crippen LogP contribution in [0.1, 0.15) is 46.0 Å². The third-order valence-corrected chi connectivity index (χ3v) is 2.35. The summed E-state index contributed by atoms with van der Waals surface area (Å²) < 4.78 is 0. The van der Waals surface area contributed by atoms with Crippen LogP contribution in [0.2, 0.25) is 0 Å². The largest absolute Gasteiger partial charge is 0.481 e. The van der Waals surface area contributed by atoms with Crippen molar-refractivity contribution >= 4 is 12.0 Å². The summed E-state index contributed by atoms with van der Waals surface area (Å²) in [5.74, 6) is -0.124. The van der Waals surface area contributed by atoms with Gasteiger partial charge in [-0.1, -0.05) is 26.7 Å². The summed E-state index contributed by atoms with van der Waals surface area (Å²) in [5.41, 5.74) is 0. The van der Waals surface area contributed by atoms with Crippen molar-refractivity contribution in [1.82, 2.24) is 10.6 Å². The molecule has 100 valence electrons. The van der Waals surface area contributed by atoms with Crippen LogP contribution in [0.5, 0.6) is 0 Å². The van der Waals surface area contributed by atoms with E-state index in [0.717, 1.165) is 12.8 Å². The van der Waals surface area contributed by atoms with E-state index in [2.05, 4.69) is 24.5 Å². The summed E-state index contributed by atoms with van der Waals surface area (Å²) in [6.45, 7) is 5.45. The number of carboxylic acids is 1. The van der Waals surface area contributed by atoms with Crippen molar-refractivity contribution in [3.8, 4) is 0 Å². The topological polar surface area (TPSA) is 78.4 Å². The minimum Gasteiger partial charge on any atom is -0.481 e. The maximum atomic E-state index is 11.2. The number of amides is 2. The number of hydrogen-bond acceptors (Lipinski definition) is 2. The number of unbranched alkanes of at least 4 members (excludes halogenated alkanes) is 1. The average molecular weight is 244 g/mol. The summed E-state index contributed by atoms with van der Waals surface area (Å²) in [7, 11) is 0. The molecule has 0 aromatic rings. The molecule has 0 aromatic heterocycles. The summed E-state index contributed by atoms with van der Waals surface area (Å²) in [6.07, 6.45) is 3.85. The monoisotopic (exact) mass is 244 g/mol. The number of nitrogens with one attached hydrogen (secondary N) is 2. The fraction of sp³-hybridized carbons (Fsp3) is 0.833. The van der Waals surface area contributed by atoms with Crippen molar-refractivity contribution in [3.05, 3.63) is 0 Å². The first kappa shape index (κ1) is 15.7. The van der Waals surface area contributed by atoms with Crippen molar-refractivity contribution in [3.63, 3.8) is 0 Å². The average Bonchev–Trinajstić information content (AvgIpc) is 2.23. The van der Waals surface area contributed by atoms with Crippen LogP contribution in [-0.4, -0.2) is 30.2 Å². The standard InChI is InChI=1S/C12H24N2O3/c1-10(2)6-3-4-8-13-12(17)14-9-5-7-11(15)16/h10H,3-9H2,1-2H3,(H,15,16)(H2,13,14,17). The van der Waals surface area contributed by atoms with E-state index in [1.807, 2.05) is 0 Å². The van der Waals surface area contributed by atoms with Gasteiger partial charge in [-0.3, -0.25) is 4.79 Å². The number of hydrogen-bond donors (Lipinski definition) is 3. The third kappa shape index (κ3) is 12.7. The SMILES string of the molecule is CC(C)CCCCNC(=O)NCCCC(=O)O. The van der Waals surface area contributed by atoms with E-state index in [9.17, 15) is 9.59 Å². The van der Waals surface area contributed by atoms with Gasteiger partial charge in [0, 0.05) is 19.5 Å². The Morgan fingerprint density at radius 2 is 1.65 bits per heavy atom. The molecule has 2 amide bonds. The van der Waals surface area contributed by atoms with Crippen LogP contribution in [0.3, 0.4) is 0 Å². The van der Waals surface area contributed by atoms with Gasteiger partial charge in [0.05, 0.1) is 0 Å². The zero-order valence-corrected chi connectivity index (χ0v) is 10.8. The van der Waals surface area contributed by atoms with Gasteiger partial charge in [-0.2, -0.15) is 0 Å². The predicted octanol–water partition coefficient (Wildman–Crippen LogP) is 1.98. The molecule has 0 aliphatic heterocycles. The Morgan fingerprint density at radius 1 is 1.06 bits per heavy atom. The number of aliphatic carboxylic acids is 1. The van der Waals surface area contributed by atoms with Gasteiger partial charge in [0.25, 0.3) is 0 Å². The second kappa shape index (κ2) is 9.93. The Kier molecular flexibility index (Phi) is 9.19.